The molecular formula is C12H13ClN4O. The zero-order valence-corrected chi connectivity index (χ0v) is 10.4. The molecule has 0 amide bonds. The first-order chi connectivity index (χ1) is 8.75. The largest absolute Gasteiger partial charge is 0.492 e. The van der Waals surface area contributed by atoms with Crippen LogP contribution in [0.3, 0.4) is 0 Å². The molecule has 0 spiro atoms. The third-order valence-corrected chi connectivity index (χ3v) is 2.49. The fourth-order valence-corrected chi connectivity index (χ4v) is 1.52. The Morgan fingerprint density at radius 2 is 2.06 bits per heavy atom. The molecule has 0 saturated carbocycles. The summed E-state index contributed by atoms with van der Waals surface area (Å²) in [4.78, 5) is 7.81. The molecule has 18 heavy (non-hydrogen) atoms. The van der Waals surface area contributed by atoms with E-state index < -0.39 is 0 Å². The van der Waals surface area contributed by atoms with E-state index in [9.17, 15) is 0 Å². The van der Waals surface area contributed by atoms with Crippen molar-refractivity contribution in [2.45, 2.75) is 0 Å². The Balaban J connectivity index is 1.76. The normalized spacial score (nSPS) is 10.1. The zero-order valence-electron chi connectivity index (χ0n) is 9.64. The highest BCUT2D eigenvalue weighted by atomic mass is 35.5. The molecule has 0 aliphatic rings. The van der Waals surface area contributed by atoms with Gasteiger partial charge in [0.25, 0.3) is 0 Å². The second kappa shape index (κ2) is 6.07. The summed E-state index contributed by atoms with van der Waals surface area (Å²) in [5, 5.41) is 3.55. The lowest BCUT2D eigenvalue weighted by atomic mass is 10.3. The van der Waals surface area contributed by atoms with Gasteiger partial charge in [0.2, 0.25) is 0 Å². The van der Waals surface area contributed by atoms with Crippen LogP contribution in [0.1, 0.15) is 0 Å². The van der Waals surface area contributed by atoms with E-state index in [1.807, 2.05) is 12.1 Å². The monoisotopic (exact) mass is 264 g/mol. The van der Waals surface area contributed by atoms with Gasteiger partial charge in [0, 0.05) is 5.69 Å². The summed E-state index contributed by atoms with van der Waals surface area (Å²) in [6, 6.07) is 7.24. The van der Waals surface area contributed by atoms with Crippen LogP contribution >= 0.6 is 11.6 Å². The summed E-state index contributed by atoms with van der Waals surface area (Å²) in [6.45, 7) is 1.10. The van der Waals surface area contributed by atoms with Crippen LogP contribution < -0.4 is 15.8 Å². The quantitative estimate of drug-likeness (QED) is 0.640. The molecule has 0 fully saturated rings. The van der Waals surface area contributed by atoms with Crippen molar-refractivity contribution >= 4 is 23.1 Å². The summed E-state index contributed by atoms with van der Waals surface area (Å²) in [6.07, 6.45) is 2.98. The van der Waals surface area contributed by atoms with Crippen LogP contribution in [-0.4, -0.2) is 23.1 Å². The van der Waals surface area contributed by atoms with Crippen molar-refractivity contribution in [3.05, 3.63) is 41.8 Å². The smallest absolute Gasteiger partial charge is 0.148 e. The summed E-state index contributed by atoms with van der Waals surface area (Å²) in [5.41, 5.74) is 6.29. The maximum Gasteiger partial charge on any atom is 0.148 e. The number of anilines is 2. The number of nitrogens with two attached hydrogens (primary N) is 1. The number of benzene rings is 1. The molecule has 0 unspecified atom stereocenters. The molecule has 0 bridgehead atoms. The van der Waals surface area contributed by atoms with Crippen LogP contribution in [0.2, 0.25) is 5.02 Å². The second-order valence-corrected chi connectivity index (χ2v) is 3.97. The van der Waals surface area contributed by atoms with Crippen LogP contribution in [0.15, 0.2) is 36.8 Å². The minimum atomic E-state index is 0.491. The molecule has 0 aliphatic heterocycles. The number of halogens is 1. The number of ether oxygens (including phenoxy) is 1. The molecule has 5 nitrogen and oxygen atoms in total. The van der Waals surface area contributed by atoms with E-state index in [4.69, 9.17) is 22.1 Å². The first-order valence-corrected chi connectivity index (χ1v) is 5.81. The van der Waals surface area contributed by atoms with Crippen molar-refractivity contribution in [3.63, 3.8) is 0 Å². The van der Waals surface area contributed by atoms with E-state index in [1.54, 1.807) is 12.1 Å². The van der Waals surface area contributed by atoms with Gasteiger partial charge in [-0.25, -0.2) is 9.97 Å². The molecule has 1 aromatic carbocycles. The number of hydrogen-bond acceptors (Lipinski definition) is 5. The van der Waals surface area contributed by atoms with Crippen LogP contribution in [0, 0.1) is 0 Å². The number of hydrogen-bond donors (Lipinski definition) is 2. The predicted molar refractivity (Wildman–Crippen MR) is 71.9 cm³/mol. The van der Waals surface area contributed by atoms with Crippen molar-refractivity contribution in [1.29, 1.82) is 0 Å². The summed E-state index contributed by atoms with van der Waals surface area (Å²) >= 11 is 5.90. The van der Waals surface area contributed by atoms with Crippen molar-refractivity contribution in [3.8, 4) is 5.75 Å². The first kappa shape index (κ1) is 12.4. The van der Waals surface area contributed by atoms with Crippen LogP contribution in [0.5, 0.6) is 5.75 Å². The van der Waals surface area contributed by atoms with Crippen LogP contribution in [0.4, 0.5) is 11.5 Å². The number of nitrogen functional groups attached to an aromatic ring is 1. The number of nitrogens with zero attached hydrogens (tertiary/aromatic N) is 2. The van der Waals surface area contributed by atoms with E-state index in [1.165, 1.54) is 12.5 Å². The Morgan fingerprint density at radius 3 is 2.78 bits per heavy atom. The molecule has 94 valence electrons. The van der Waals surface area contributed by atoms with Gasteiger partial charge >= 0.3 is 0 Å². The minimum absolute atomic E-state index is 0.491. The van der Waals surface area contributed by atoms with Crippen molar-refractivity contribution in [2.75, 3.05) is 24.2 Å². The molecule has 0 atom stereocenters. The maximum absolute atomic E-state index is 5.90. The summed E-state index contributed by atoms with van der Waals surface area (Å²) in [5.74, 6) is 1.38. The lowest BCUT2D eigenvalue weighted by Crippen LogP contribution is -2.12. The highest BCUT2D eigenvalue weighted by Gasteiger charge is 1.99. The van der Waals surface area contributed by atoms with Crippen molar-refractivity contribution < 1.29 is 4.74 Å². The molecule has 0 saturated heterocycles. The predicted octanol–water partition coefficient (Wildman–Crippen LogP) is 2.20. The topological polar surface area (TPSA) is 73.1 Å². The van der Waals surface area contributed by atoms with E-state index >= 15 is 0 Å². The van der Waals surface area contributed by atoms with E-state index in [0.717, 1.165) is 5.75 Å². The van der Waals surface area contributed by atoms with E-state index in [0.29, 0.717) is 29.7 Å². The third-order valence-electron chi connectivity index (χ3n) is 2.21. The summed E-state index contributed by atoms with van der Waals surface area (Å²) < 4.78 is 5.52. The van der Waals surface area contributed by atoms with E-state index in [2.05, 4.69) is 15.3 Å². The average Bonchev–Trinajstić information content (AvgIpc) is 2.39. The molecule has 2 aromatic rings. The molecule has 0 radical (unpaired) electrons. The number of nitrogens with one attached hydrogen (secondary N) is 1. The molecule has 1 heterocycles. The van der Waals surface area contributed by atoms with Gasteiger partial charge in [0.05, 0.1) is 12.7 Å². The second-order valence-electron chi connectivity index (χ2n) is 3.56. The van der Waals surface area contributed by atoms with Gasteiger partial charge < -0.3 is 15.8 Å². The molecular weight excluding hydrogens is 252 g/mol. The third kappa shape index (κ3) is 3.49. The minimum Gasteiger partial charge on any atom is -0.492 e. The van der Waals surface area contributed by atoms with Gasteiger partial charge in [-0.05, 0) is 24.3 Å². The Hall–Kier alpha value is -2.01. The fraction of sp³-hybridized carbons (Fsp3) is 0.167. The van der Waals surface area contributed by atoms with Gasteiger partial charge in [-0.15, -0.1) is 0 Å². The van der Waals surface area contributed by atoms with Gasteiger partial charge in [-0.1, -0.05) is 11.6 Å². The lowest BCUT2D eigenvalue weighted by Gasteiger charge is -2.08. The fourth-order valence-electron chi connectivity index (χ4n) is 1.35. The number of aromatic nitrogens is 2. The van der Waals surface area contributed by atoms with Gasteiger partial charge in [-0.2, -0.15) is 0 Å². The van der Waals surface area contributed by atoms with Crippen molar-refractivity contribution in [1.82, 2.24) is 9.97 Å². The first-order valence-electron chi connectivity index (χ1n) is 5.43. The highest BCUT2D eigenvalue weighted by Crippen LogP contribution is 2.16. The Bertz CT molecular complexity index is 504. The summed E-state index contributed by atoms with van der Waals surface area (Å²) in [7, 11) is 0. The SMILES string of the molecule is Nc1ccc(OCCNc2ncncc2Cl)cc1. The standard InChI is InChI=1S/C12H13ClN4O/c13-11-7-15-8-17-12(11)16-5-6-18-10-3-1-9(14)2-4-10/h1-4,7-8H,5-6,14H2,(H,15,16,17). The Morgan fingerprint density at radius 1 is 1.28 bits per heavy atom. The molecule has 3 N–H and O–H groups in total. The van der Waals surface area contributed by atoms with Gasteiger partial charge in [0.1, 0.15) is 29.5 Å². The molecule has 6 heteroatoms. The lowest BCUT2D eigenvalue weighted by molar-refractivity contribution is 0.333. The average molecular weight is 265 g/mol. The van der Waals surface area contributed by atoms with Gasteiger partial charge in [0.15, 0.2) is 0 Å². The number of rotatable bonds is 5. The molecule has 1 aromatic heterocycles. The molecule has 0 aliphatic carbocycles. The Kier molecular flexibility index (Phi) is 4.20. The molecule has 2 rings (SSSR count). The van der Waals surface area contributed by atoms with Crippen LogP contribution in [-0.2, 0) is 0 Å². The maximum atomic E-state index is 5.90. The van der Waals surface area contributed by atoms with Crippen molar-refractivity contribution in [2.24, 2.45) is 0 Å². The van der Waals surface area contributed by atoms with E-state index in [-0.39, 0.29) is 0 Å². The Labute approximate surface area is 110 Å². The zero-order chi connectivity index (χ0) is 12.8. The highest BCUT2D eigenvalue weighted by molar-refractivity contribution is 6.32. The van der Waals surface area contributed by atoms with Gasteiger partial charge in [-0.3, -0.25) is 0 Å². The van der Waals surface area contributed by atoms with Crippen LogP contribution in [0.25, 0.3) is 0 Å².